The third-order valence-corrected chi connectivity index (χ3v) is 5.43. The molecule has 120 valence electrons. The summed E-state index contributed by atoms with van der Waals surface area (Å²) in [7, 11) is 0. The molecule has 2 fully saturated rings. The van der Waals surface area contributed by atoms with Gasteiger partial charge in [0.05, 0.1) is 0 Å². The fraction of sp³-hybridized carbons (Fsp3) is 0.667. The Labute approximate surface area is 133 Å². The van der Waals surface area contributed by atoms with Crippen molar-refractivity contribution in [1.29, 1.82) is 0 Å². The van der Waals surface area contributed by atoms with Crippen LogP contribution >= 0.6 is 11.3 Å². The van der Waals surface area contributed by atoms with Gasteiger partial charge in [0.15, 0.2) is 5.13 Å². The zero-order chi connectivity index (χ0) is 15.5. The molecule has 0 aromatic carbocycles. The molecular weight excluding hydrogens is 302 g/mol. The maximum Gasteiger partial charge on any atom is 0.360 e. The predicted molar refractivity (Wildman–Crippen MR) is 84.9 cm³/mol. The van der Waals surface area contributed by atoms with Crippen molar-refractivity contribution >= 4 is 28.1 Å². The Morgan fingerprint density at radius 1 is 1.32 bits per heavy atom. The molecule has 0 aliphatic heterocycles. The van der Waals surface area contributed by atoms with Crippen molar-refractivity contribution in [2.24, 2.45) is 17.0 Å². The summed E-state index contributed by atoms with van der Waals surface area (Å²) in [6.07, 6.45) is 8.37. The van der Waals surface area contributed by atoms with Gasteiger partial charge in [0.1, 0.15) is 11.8 Å². The molecule has 3 atom stereocenters. The number of carboxylic acids is 1. The summed E-state index contributed by atoms with van der Waals surface area (Å²) < 4.78 is 0. The van der Waals surface area contributed by atoms with Crippen LogP contribution in [0.4, 0.5) is 5.13 Å². The topological polar surface area (TPSA) is 97.8 Å². The molecule has 22 heavy (non-hydrogen) atoms. The van der Waals surface area contributed by atoms with E-state index < -0.39 is 5.97 Å². The number of nitrogens with zero attached hydrogens (tertiary/aromatic N) is 2. The number of hydrogen-bond donors (Lipinski definition) is 2. The molecule has 7 heteroatoms. The van der Waals surface area contributed by atoms with Crippen molar-refractivity contribution in [3.05, 3.63) is 11.1 Å². The summed E-state index contributed by atoms with van der Waals surface area (Å²) in [4.78, 5) is 20.8. The first-order valence-electron chi connectivity index (χ1n) is 7.82. The molecule has 1 heterocycles. The summed E-state index contributed by atoms with van der Waals surface area (Å²) >= 11 is 1.19. The lowest BCUT2D eigenvalue weighted by molar-refractivity contribution is -0.129. The number of carbonyl (C=O) groups is 1. The molecule has 0 saturated heterocycles. The second-order valence-electron chi connectivity index (χ2n) is 6.16. The van der Waals surface area contributed by atoms with E-state index in [1.165, 1.54) is 37.0 Å². The van der Waals surface area contributed by atoms with Crippen LogP contribution in [0.5, 0.6) is 0 Å². The maximum atomic E-state index is 11.3. The molecule has 2 aliphatic rings. The summed E-state index contributed by atoms with van der Waals surface area (Å²) in [5.41, 5.74) is 5.64. The van der Waals surface area contributed by atoms with Crippen LogP contribution in [-0.4, -0.2) is 27.9 Å². The minimum absolute atomic E-state index is 0.0182. The van der Waals surface area contributed by atoms with Crippen LogP contribution in [0.15, 0.2) is 10.5 Å². The molecular formula is C15H21N3O3S. The Balaban J connectivity index is 1.65. The van der Waals surface area contributed by atoms with Crippen molar-refractivity contribution < 1.29 is 14.7 Å². The van der Waals surface area contributed by atoms with Gasteiger partial charge in [-0.25, -0.2) is 9.78 Å². The Hall–Kier alpha value is -1.63. The first-order valence-corrected chi connectivity index (χ1v) is 8.70. The van der Waals surface area contributed by atoms with Gasteiger partial charge in [-0.05, 0) is 31.1 Å². The highest BCUT2D eigenvalue weighted by atomic mass is 32.1. The molecule has 0 amide bonds. The lowest BCUT2D eigenvalue weighted by Gasteiger charge is -2.38. The van der Waals surface area contributed by atoms with Gasteiger partial charge < -0.3 is 15.7 Å². The van der Waals surface area contributed by atoms with Crippen molar-refractivity contribution in [2.75, 3.05) is 5.73 Å². The van der Waals surface area contributed by atoms with Crippen LogP contribution in [0.1, 0.15) is 50.6 Å². The van der Waals surface area contributed by atoms with Gasteiger partial charge in [-0.15, -0.1) is 11.3 Å². The quantitative estimate of drug-likeness (QED) is 0.656. The number of rotatable bonds is 4. The van der Waals surface area contributed by atoms with Crippen LogP contribution in [0.25, 0.3) is 0 Å². The minimum atomic E-state index is -1.14. The third-order valence-electron chi connectivity index (χ3n) is 4.75. The van der Waals surface area contributed by atoms with Crippen LogP contribution in [-0.2, 0) is 9.63 Å². The van der Waals surface area contributed by atoms with E-state index in [1.807, 2.05) is 0 Å². The largest absolute Gasteiger partial charge is 0.476 e. The average Bonchev–Trinajstić information content (AvgIpc) is 2.93. The fourth-order valence-electron chi connectivity index (χ4n) is 3.65. The van der Waals surface area contributed by atoms with Gasteiger partial charge in [-0.2, -0.15) is 0 Å². The number of aliphatic carboxylic acids is 1. The average molecular weight is 323 g/mol. The number of nitrogens with two attached hydrogens (primary N) is 1. The van der Waals surface area contributed by atoms with E-state index >= 15 is 0 Å². The number of oxime groups is 1. The van der Waals surface area contributed by atoms with Crippen LogP contribution in [0.2, 0.25) is 0 Å². The molecule has 0 bridgehead atoms. The van der Waals surface area contributed by atoms with E-state index in [1.54, 1.807) is 5.38 Å². The van der Waals surface area contributed by atoms with Crippen LogP contribution in [0.3, 0.4) is 0 Å². The maximum absolute atomic E-state index is 11.3. The van der Waals surface area contributed by atoms with E-state index in [9.17, 15) is 9.90 Å². The molecule has 2 aliphatic carbocycles. The summed E-state index contributed by atoms with van der Waals surface area (Å²) in [6, 6.07) is 0. The predicted octanol–water partition coefficient (Wildman–Crippen LogP) is 2.89. The number of fused-ring (bicyclic) bond motifs is 1. The van der Waals surface area contributed by atoms with Gasteiger partial charge in [0, 0.05) is 5.38 Å². The highest BCUT2D eigenvalue weighted by Crippen LogP contribution is 2.41. The molecule has 2 saturated carbocycles. The van der Waals surface area contributed by atoms with Gasteiger partial charge in [0.2, 0.25) is 5.71 Å². The Bertz CT molecular complexity index is 572. The molecule has 3 rings (SSSR count). The molecule has 0 spiro atoms. The summed E-state index contributed by atoms with van der Waals surface area (Å²) in [5.74, 6) is 0.400. The summed E-state index contributed by atoms with van der Waals surface area (Å²) in [6.45, 7) is 0. The van der Waals surface area contributed by atoms with Crippen LogP contribution in [0, 0.1) is 11.8 Å². The molecule has 1 aromatic heterocycles. The van der Waals surface area contributed by atoms with Gasteiger partial charge in [-0.1, -0.05) is 30.8 Å². The normalized spacial score (nSPS) is 28.9. The Morgan fingerprint density at radius 2 is 2.09 bits per heavy atom. The number of anilines is 1. The van der Waals surface area contributed by atoms with Crippen molar-refractivity contribution in [3.63, 3.8) is 0 Å². The second-order valence-corrected chi connectivity index (χ2v) is 7.05. The van der Waals surface area contributed by atoms with Gasteiger partial charge in [0.25, 0.3) is 0 Å². The van der Waals surface area contributed by atoms with E-state index in [0.717, 1.165) is 25.2 Å². The zero-order valence-electron chi connectivity index (χ0n) is 12.4. The number of thiazole rings is 1. The number of nitrogen functional groups attached to an aromatic ring is 1. The zero-order valence-corrected chi connectivity index (χ0v) is 13.2. The van der Waals surface area contributed by atoms with E-state index in [-0.39, 0.29) is 17.5 Å². The molecule has 0 radical (unpaired) electrons. The van der Waals surface area contributed by atoms with Gasteiger partial charge in [-0.3, -0.25) is 0 Å². The number of hydrogen-bond acceptors (Lipinski definition) is 6. The molecule has 6 nitrogen and oxygen atoms in total. The second kappa shape index (κ2) is 6.64. The fourth-order valence-corrected chi connectivity index (χ4v) is 4.19. The first kappa shape index (κ1) is 15.3. The third kappa shape index (κ3) is 3.40. The summed E-state index contributed by atoms with van der Waals surface area (Å²) in [5, 5.41) is 15.1. The monoisotopic (exact) mass is 323 g/mol. The van der Waals surface area contributed by atoms with Crippen molar-refractivity contribution in [2.45, 2.75) is 51.0 Å². The minimum Gasteiger partial charge on any atom is -0.476 e. The van der Waals surface area contributed by atoms with Gasteiger partial charge >= 0.3 is 5.97 Å². The Morgan fingerprint density at radius 3 is 2.77 bits per heavy atom. The standard InChI is InChI=1S/C15H21N3O3S/c16-15-17-12(8-22-15)13(14(19)20)18-21-11-6-5-9-3-1-2-4-10(9)7-11/h8-11H,1-7H2,(H2,16,17)(H,19,20)/b18-13+. The first-order chi connectivity index (χ1) is 10.6. The molecule has 3 N–H and O–H groups in total. The highest BCUT2D eigenvalue weighted by molar-refractivity contribution is 7.13. The lowest BCUT2D eigenvalue weighted by Crippen LogP contribution is -2.31. The molecule has 1 aromatic rings. The molecule has 3 unspecified atom stereocenters. The smallest absolute Gasteiger partial charge is 0.360 e. The lowest BCUT2D eigenvalue weighted by atomic mass is 9.70. The van der Waals surface area contributed by atoms with Crippen LogP contribution < -0.4 is 5.73 Å². The number of carboxylic acid groups (broad SMARTS) is 1. The van der Waals surface area contributed by atoms with E-state index in [2.05, 4.69) is 10.1 Å². The SMILES string of the molecule is Nc1nc(/C(=N\OC2CCC3CCCCC3C2)C(=O)O)cs1. The van der Waals surface area contributed by atoms with Crippen molar-refractivity contribution in [3.8, 4) is 0 Å². The number of aromatic nitrogens is 1. The highest BCUT2D eigenvalue weighted by Gasteiger charge is 2.33. The van der Waals surface area contributed by atoms with E-state index in [4.69, 9.17) is 10.6 Å². The van der Waals surface area contributed by atoms with Crippen molar-refractivity contribution in [1.82, 2.24) is 4.98 Å². The van der Waals surface area contributed by atoms with E-state index in [0.29, 0.717) is 11.0 Å². The Kier molecular flexibility index (Phi) is 4.61.